The lowest BCUT2D eigenvalue weighted by Crippen LogP contribution is -2.52. The SMILES string of the molecule is COc1ccc(C(=O)N2CCN(c3ccc(F)cc3F)C(=O)C2)c(Cl)c1. The third-order valence-corrected chi connectivity index (χ3v) is 4.43. The van der Waals surface area contributed by atoms with Gasteiger partial charge in [-0.05, 0) is 30.3 Å². The number of piperazine rings is 1. The Labute approximate surface area is 153 Å². The standard InChI is InChI=1S/C18H15ClF2N2O3/c1-26-12-3-4-13(14(19)9-12)18(25)22-6-7-23(17(24)10-22)16-5-2-11(20)8-15(16)21/h2-5,8-9H,6-7,10H2,1H3. The maximum Gasteiger partial charge on any atom is 0.255 e. The van der Waals surface area contributed by atoms with E-state index in [4.69, 9.17) is 16.3 Å². The zero-order valence-corrected chi connectivity index (χ0v) is 14.6. The number of nitrogens with zero attached hydrogens (tertiary/aromatic N) is 2. The zero-order chi connectivity index (χ0) is 18.8. The van der Waals surface area contributed by atoms with Gasteiger partial charge in [0, 0.05) is 19.2 Å². The molecule has 1 heterocycles. The fourth-order valence-corrected chi connectivity index (χ4v) is 3.02. The maximum atomic E-state index is 13.9. The highest BCUT2D eigenvalue weighted by molar-refractivity contribution is 6.34. The van der Waals surface area contributed by atoms with Crippen molar-refractivity contribution in [2.45, 2.75) is 0 Å². The number of hydrogen-bond donors (Lipinski definition) is 0. The van der Waals surface area contributed by atoms with E-state index in [1.165, 1.54) is 35.1 Å². The van der Waals surface area contributed by atoms with Crippen LogP contribution in [0.3, 0.4) is 0 Å². The average Bonchev–Trinajstić information content (AvgIpc) is 2.61. The smallest absolute Gasteiger partial charge is 0.255 e. The first kappa shape index (κ1) is 18.1. The summed E-state index contributed by atoms with van der Waals surface area (Å²) in [4.78, 5) is 27.6. The van der Waals surface area contributed by atoms with Gasteiger partial charge >= 0.3 is 0 Å². The lowest BCUT2D eigenvalue weighted by Gasteiger charge is -2.34. The molecule has 0 aliphatic carbocycles. The van der Waals surface area contributed by atoms with Crippen molar-refractivity contribution >= 4 is 29.1 Å². The van der Waals surface area contributed by atoms with E-state index >= 15 is 0 Å². The van der Waals surface area contributed by atoms with Crippen LogP contribution in [0.4, 0.5) is 14.5 Å². The maximum absolute atomic E-state index is 13.9. The van der Waals surface area contributed by atoms with Gasteiger partial charge in [-0.15, -0.1) is 0 Å². The predicted octanol–water partition coefficient (Wildman–Crippen LogP) is 3.12. The van der Waals surface area contributed by atoms with Crippen molar-refractivity contribution in [2.75, 3.05) is 31.6 Å². The van der Waals surface area contributed by atoms with Crippen molar-refractivity contribution in [1.29, 1.82) is 0 Å². The molecule has 2 aromatic rings. The van der Waals surface area contributed by atoms with E-state index in [1.54, 1.807) is 6.07 Å². The van der Waals surface area contributed by atoms with Crippen LogP contribution in [0.15, 0.2) is 36.4 Å². The van der Waals surface area contributed by atoms with Gasteiger partial charge in [-0.25, -0.2) is 8.78 Å². The van der Waals surface area contributed by atoms with Gasteiger partial charge in [0.15, 0.2) is 0 Å². The van der Waals surface area contributed by atoms with Crippen LogP contribution in [0.1, 0.15) is 10.4 Å². The molecule has 2 aromatic carbocycles. The van der Waals surface area contributed by atoms with Crippen LogP contribution in [0.2, 0.25) is 5.02 Å². The van der Waals surface area contributed by atoms with Crippen molar-refractivity contribution in [3.8, 4) is 5.75 Å². The Morgan fingerprint density at radius 1 is 1.15 bits per heavy atom. The fraction of sp³-hybridized carbons (Fsp3) is 0.222. The lowest BCUT2D eigenvalue weighted by molar-refractivity contribution is -0.120. The van der Waals surface area contributed by atoms with E-state index in [1.807, 2.05) is 0 Å². The van der Waals surface area contributed by atoms with Crippen LogP contribution in [0.25, 0.3) is 0 Å². The average molecular weight is 381 g/mol. The van der Waals surface area contributed by atoms with Crippen LogP contribution in [-0.4, -0.2) is 43.5 Å². The summed E-state index contributed by atoms with van der Waals surface area (Å²) in [5, 5.41) is 0.216. The summed E-state index contributed by atoms with van der Waals surface area (Å²) in [5.41, 5.74) is 0.243. The van der Waals surface area contributed by atoms with Crippen molar-refractivity contribution in [2.24, 2.45) is 0 Å². The topological polar surface area (TPSA) is 49.9 Å². The number of carbonyl (C=O) groups is 2. The molecule has 26 heavy (non-hydrogen) atoms. The summed E-state index contributed by atoms with van der Waals surface area (Å²) >= 11 is 6.11. The third-order valence-electron chi connectivity index (χ3n) is 4.12. The van der Waals surface area contributed by atoms with Crippen LogP contribution in [-0.2, 0) is 4.79 Å². The van der Waals surface area contributed by atoms with Gasteiger partial charge in [0.05, 0.1) is 23.4 Å². The highest BCUT2D eigenvalue weighted by Crippen LogP contribution is 2.26. The van der Waals surface area contributed by atoms with E-state index in [0.29, 0.717) is 5.75 Å². The monoisotopic (exact) mass is 380 g/mol. The van der Waals surface area contributed by atoms with E-state index in [-0.39, 0.29) is 35.9 Å². The zero-order valence-electron chi connectivity index (χ0n) is 13.8. The number of amides is 2. The number of halogens is 3. The molecule has 0 saturated carbocycles. The molecule has 0 radical (unpaired) electrons. The second-order valence-corrected chi connectivity index (χ2v) is 6.12. The van der Waals surface area contributed by atoms with E-state index in [9.17, 15) is 18.4 Å². The summed E-state index contributed by atoms with van der Waals surface area (Å²) in [5.74, 6) is -1.89. The van der Waals surface area contributed by atoms with Gasteiger partial charge in [0.1, 0.15) is 23.9 Å². The Kier molecular flexibility index (Phi) is 5.08. The summed E-state index contributed by atoms with van der Waals surface area (Å²) in [6, 6.07) is 7.66. The molecule has 0 spiro atoms. The minimum absolute atomic E-state index is 0.00835. The quantitative estimate of drug-likeness (QED) is 0.822. The Balaban J connectivity index is 1.76. The Bertz CT molecular complexity index is 876. The summed E-state index contributed by atoms with van der Waals surface area (Å²) in [7, 11) is 1.49. The summed E-state index contributed by atoms with van der Waals surface area (Å²) in [6.07, 6.45) is 0. The summed E-state index contributed by atoms with van der Waals surface area (Å²) < 4.78 is 32.0. The molecule has 1 aliphatic heterocycles. The molecule has 3 rings (SSSR count). The fourth-order valence-electron chi connectivity index (χ4n) is 2.77. The number of ether oxygens (including phenoxy) is 1. The molecule has 1 aliphatic rings. The molecule has 1 saturated heterocycles. The molecule has 8 heteroatoms. The highest BCUT2D eigenvalue weighted by atomic mass is 35.5. The minimum atomic E-state index is -0.823. The van der Waals surface area contributed by atoms with Gasteiger partial charge < -0.3 is 14.5 Å². The molecule has 5 nitrogen and oxygen atoms in total. The normalized spacial score (nSPS) is 14.5. The molecule has 0 atom stereocenters. The summed E-state index contributed by atoms with van der Waals surface area (Å²) in [6.45, 7) is 0.0721. The van der Waals surface area contributed by atoms with Crippen molar-refractivity contribution in [1.82, 2.24) is 4.90 Å². The molecule has 2 amide bonds. The van der Waals surface area contributed by atoms with Gasteiger partial charge in [-0.1, -0.05) is 11.6 Å². The van der Waals surface area contributed by atoms with E-state index in [0.717, 1.165) is 12.1 Å². The number of benzene rings is 2. The number of methoxy groups -OCH3 is 1. The number of hydrogen-bond acceptors (Lipinski definition) is 3. The largest absolute Gasteiger partial charge is 0.497 e. The molecule has 0 aromatic heterocycles. The molecule has 0 N–H and O–H groups in total. The molecule has 136 valence electrons. The van der Waals surface area contributed by atoms with Crippen molar-refractivity contribution < 1.29 is 23.1 Å². The predicted molar refractivity (Wildman–Crippen MR) is 92.6 cm³/mol. The van der Waals surface area contributed by atoms with Crippen LogP contribution in [0, 0.1) is 11.6 Å². The number of carbonyl (C=O) groups excluding carboxylic acids is 2. The minimum Gasteiger partial charge on any atom is -0.497 e. The molecular weight excluding hydrogens is 366 g/mol. The lowest BCUT2D eigenvalue weighted by atomic mass is 10.1. The molecular formula is C18H15ClF2N2O3. The van der Waals surface area contributed by atoms with Crippen LogP contribution in [0.5, 0.6) is 5.75 Å². The first-order valence-electron chi connectivity index (χ1n) is 7.79. The van der Waals surface area contributed by atoms with Crippen molar-refractivity contribution in [3.63, 3.8) is 0 Å². The Morgan fingerprint density at radius 2 is 1.92 bits per heavy atom. The first-order valence-corrected chi connectivity index (χ1v) is 8.16. The van der Waals surface area contributed by atoms with Gasteiger partial charge in [-0.2, -0.15) is 0 Å². The third kappa shape index (κ3) is 3.48. The van der Waals surface area contributed by atoms with Crippen molar-refractivity contribution in [3.05, 3.63) is 58.6 Å². The first-order chi connectivity index (χ1) is 12.4. The van der Waals surface area contributed by atoms with Crippen LogP contribution < -0.4 is 9.64 Å². The van der Waals surface area contributed by atoms with Crippen LogP contribution >= 0.6 is 11.6 Å². The second kappa shape index (κ2) is 7.29. The van der Waals surface area contributed by atoms with Gasteiger partial charge in [0.25, 0.3) is 5.91 Å². The van der Waals surface area contributed by atoms with E-state index < -0.39 is 23.4 Å². The van der Waals surface area contributed by atoms with E-state index in [2.05, 4.69) is 0 Å². The number of rotatable bonds is 3. The Morgan fingerprint density at radius 3 is 2.54 bits per heavy atom. The second-order valence-electron chi connectivity index (χ2n) is 5.71. The number of anilines is 1. The molecule has 0 bridgehead atoms. The van der Waals surface area contributed by atoms with Gasteiger partial charge in [0.2, 0.25) is 5.91 Å². The Hall–Kier alpha value is -2.67. The highest BCUT2D eigenvalue weighted by Gasteiger charge is 2.30. The van der Waals surface area contributed by atoms with Gasteiger partial charge in [-0.3, -0.25) is 9.59 Å². The molecule has 0 unspecified atom stereocenters. The molecule has 1 fully saturated rings.